The van der Waals surface area contributed by atoms with Crippen molar-refractivity contribution >= 4 is 11.8 Å². The zero-order chi connectivity index (χ0) is 26.4. The summed E-state index contributed by atoms with van der Waals surface area (Å²) >= 11 is 0. The van der Waals surface area contributed by atoms with Crippen LogP contribution in [0.15, 0.2) is 79.1 Å². The van der Waals surface area contributed by atoms with Crippen LogP contribution in [0.2, 0.25) is 0 Å². The highest BCUT2D eigenvalue weighted by Gasteiger charge is 2.31. The van der Waals surface area contributed by atoms with Gasteiger partial charge in [-0.1, -0.05) is 24.3 Å². The van der Waals surface area contributed by atoms with Crippen molar-refractivity contribution in [1.29, 1.82) is 0 Å². The van der Waals surface area contributed by atoms with E-state index in [1.54, 1.807) is 0 Å². The van der Waals surface area contributed by atoms with Crippen LogP contribution in [0.4, 0.5) is 23.7 Å². The molecule has 10 nitrogen and oxygen atoms in total. The molecule has 1 N–H and O–H groups in total. The Morgan fingerprint density at radius 1 is 0.973 bits per heavy atom. The third-order valence-corrected chi connectivity index (χ3v) is 4.98. The second-order valence-electron chi connectivity index (χ2n) is 7.57. The Hall–Kier alpha value is -4.94. The van der Waals surface area contributed by atoms with Crippen molar-refractivity contribution in [1.82, 2.24) is 20.1 Å². The van der Waals surface area contributed by atoms with E-state index in [9.17, 15) is 28.1 Å². The van der Waals surface area contributed by atoms with E-state index in [0.29, 0.717) is 24.5 Å². The van der Waals surface area contributed by atoms with Crippen molar-refractivity contribution < 1.29 is 32.4 Å². The molecule has 0 aliphatic rings. The number of benzene rings is 3. The Morgan fingerprint density at radius 3 is 2.24 bits per heavy atom. The lowest BCUT2D eigenvalue weighted by atomic mass is 10.1. The molecule has 0 saturated heterocycles. The van der Waals surface area contributed by atoms with E-state index in [4.69, 9.17) is 4.74 Å². The number of carbonyl (C=O) groups is 1. The first-order valence-electron chi connectivity index (χ1n) is 10.7. The van der Waals surface area contributed by atoms with Crippen LogP contribution in [0.3, 0.4) is 0 Å². The second-order valence-corrected chi connectivity index (χ2v) is 7.57. The average Bonchev–Trinajstić information content (AvgIpc) is 3.35. The molecule has 37 heavy (non-hydrogen) atoms. The van der Waals surface area contributed by atoms with Crippen molar-refractivity contribution in [2.45, 2.75) is 12.8 Å². The number of nitro groups is 1. The molecule has 0 radical (unpaired) electrons. The molecular formula is C24H18F3N5O5. The smallest absolute Gasteiger partial charge is 0.410 e. The van der Waals surface area contributed by atoms with Crippen LogP contribution in [-0.2, 0) is 6.42 Å². The molecule has 1 aromatic heterocycles. The number of nitrogens with one attached hydrogen (secondary N) is 1. The van der Waals surface area contributed by atoms with Gasteiger partial charge in [-0.3, -0.25) is 10.1 Å². The Balaban J connectivity index is 1.28. The molecule has 0 spiro atoms. The van der Waals surface area contributed by atoms with Gasteiger partial charge in [-0.05, 0) is 48.4 Å². The van der Waals surface area contributed by atoms with Gasteiger partial charge in [0.1, 0.15) is 17.8 Å². The first kappa shape index (κ1) is 25.2. The van der Waals surface area contributed by atoms with E-state index in [1.807, 2.05) is 24.3 Å². The molecule has 4 rings (SSSR count). The van der Waals surface area contributed by atoms with Crippen molar-refractivity contribution in [2.24, 2.45) is 0 Å². The van der Waals surface area contributed by atoms with Gasteiger partial charge in [0.05, 0.1) is 10.6 Å². The van der Waals surface area contributed by atoms with Crippen LogP contribution in [-0.4, -0.2) is 38.7 Å². The van der Waals surface area contributed by atoms with Gasteiger partial charge < -0.3 is 14.8 Å². The normalized spacial score (nSPS) is 11.1. The summed E-state index contributed by atoms with van der Waals surface area (Å²) in [5.41, 5.74) is 2.06. The van der Waals surface area contributed by atoms with E-state index in [-0.39, 0.29) is 17.2 Å². The van der Waals surface area contributed by atoms with E-state index in [1.165, 1.54) is 59.5 Å². The van der Waals surface area contributed by atoms with E-state index in [0.717, 1.165) is 11.1 Å². The first-order valence-corrected chi connectivity index (χ1v) is 10.7. The van der Waals surface area contributed by atoms with Gasteiger partial charge in [0.25, 0.3) is 5.69 Å². The largest absolute Gasteiger partial charge is 0.573 e. The van der Waals surface area contributed by atoms with Gasteiger partial charge in [0, 0.05) is 24.2 Å². The fraction of sp³-hybridized carbons (Fsp3) is 0.125. The zero-order valence-electron chi connectivity index (χ0n) is 18.9. The van der Waals surface area contributed by atoms with E-state index >= 15 is 0 Å². The van der Waals surface area contributed by atoms with Gasteiger partial charge in [-0.15, -0.1) is 18.3 Å². The van der Waals surface area contributed by atoms with Crippen molar-refractivity contribution in [3.8, 4) is 28.6 Å². The Labute approximate surface area is 207 Å². The van der Waals surface area contributed by atoms with E-state index < -0.39 is 17.4 Å². The summed E-state index contributed by atoms with van der Waals surface area (Å²) in [6.45, 7) is 0.298. The standard InChI is InChI=1S/C24H18F3N5O5/c25-24(26,27)37-21-11-5-18(6-12-21)31-15-29-22(30-31)17-3-1-16(2-4-17)13-14-28-23(33)36-20-9-7-19(8-10-20)32(34)35/h1-12,15H,13-14H2,(H,28,33). The number of rotatable bonds is 8. The summed E-state index contributed by atoms with van der Waals surface area (Å²) < 4.78 is 47.3. The minimum atomic E-state index is -4.76. The Kier molecular flexibility index (Phi) is 7.32. The lowest BCUT2D eigenvalue weighted by Crippen LogP contribution is -2.28. The number of nitrogens with zero attached hydrogens (tertiary/aromatic N) is 4. The fourth-order valence-electron chi connectivity index (χ4n) is 3.23. The van der Waals surface area contributed by atoms with Crippen LogP contribution >= 0.6 is 0 Å². The minimum Gasteiger partial charge on any atom is -0.410 e. The van der Waals surface area contributed by atoms with Crippen LogP contribution in [0.1, 0.15) is 5.56 Å². The van der Waals surface area contributed by atoms with Crippen molar-refractivity contribution in [2.75, 3.05) is 6.54 Å². The summed E-state index contributed by atoms with van der Waals surface area (Å²) in [4.78, 5) is 26.3. The highest BCUT2D eigenvalue weighted by molar-refractivity contribution is 5.70. The molecule has 1 heterocycles. The number of halogens is 3. The summed E-state index contributed by atoms with van der Waals surface area (Å²) in [5, 5.41) is 17.6. The Morgan fingerprint density at radius 2 is 1.62 bits per heavy atom. The van der Waals surface area contributed by atoms with Crippen LogP contribution in [0.5, 0.6) is 11.5 Å². The van der Waals surface area contributed by atoms with Crippen LogP contribution in [0, 0.1) is 10.1 Å². The zero-order valence-corrected chi connectivity index (χ0v) is 18.9. The molecule has 3 aromatic carbocycles. The summed E-state index contributed by atoms with van der Waals surface area (Å²) in [6.07, 6.45) is -3.48. The molecule has 0 fully saturated rings. The molecule has 190 valence electrons. The maximum Gasteiger partial charge on any atom is 0.573 e. The van der Waals surface area contributed by atoms with Gasteiger partial charge >= 0.3 is 12.5 Å². The lowest BCUT2D eigenvalue weighted by molar-refractivity contribution is -0.384. The molecule has 4 aromatic rings. The second kappa shape index (κ2) is 10.8. The Bertz CT molecular complexity index is 1370. The maximum atomic E-state index is 12.3. The number of alkyl halides is 3. The third kappa shape index (κ3) is 7.04. The van der Waals surface area contributed by atoms with Crippen LogP contribution < -0.4 is 14.8 Å². The maximum absolute atomic E-state index is 12.3. The van der Waals surface area contributed by atoms with Crippen LogP contribution in [0.25, 0.3) is 17.1 Å². The fourth-order valence-corrected chi connectivity index (χ4v) is 3.23. The first-order chi connectivity index (χ1) is 17.7. The molecule has 1 amide bonds. The minimum absolute atomic E-state index is 0.105. The molecule has 0 saturated carbocycles. The highest BCUT2D eigenvalue weighted by atomic mass is 19.4. The van der Waals surface area contributed by atoms with Gasteiger partial charge in [0.2, 0.25) is 0 Å². The quantitative estimate of drug-likeness (QED) is 0.258. The molecule has 0 aliphatic carbocycles. The number of nitro benzene ring substituents is 1. The molecule has 0 bridgehead atoms. The van der Waals surface area contributed by atoms with Crippen molar-refractivity contribution in [3.05, 3.63) is 94.8 Å². The molecule has 0 unspecified atom stereocenters. The number of hydrogen-bond donors (Lipinski definition) is 1. The molecule has 0 atom stereocenters. The molecular weight excluding hydrogens is 495 g/mol. The molecule has 13 heteroatoms. The summed E-state index contributed by atoms with van der Waals surface area (Å²) in [7, 11) is 0. The SMILES string of the molecule is O=C(NCCc1ccc(-c2ncn(-c3ccc(OC(F)(F)F)cc3)n2)cc1)Oc1ccc([N+](=O)[O-])cc1. The monoisotopic (exact) mass is 513 g/mol. The number of carbonyl (C=O) groups excluding carboxylic acids is 1. The molecule has 0 aliphatic heterocycles. The third-order valence-electron chi connectivity index (χ3n) is 4.98. The van der Waals surface area contributed by atoms with Gasteiger partial charge in [0.15, 0.2) is 5.82 Å². The summed E-state index contributed by atoms with van der Waals surface area (Å²) in [6, 6.07) is 17.7. The number of aromatic nitrogens is 3. The van der Waals surface area contributed by atoms with E-state index in [2.05, 4.69) is 20.1 Å². The number of non-ortho nitro benzene ring substituents is 1. The predicted octanol–water partition coefficient (Wildman–Crippen LogP) is 5.07. The van der Waals surface area contributed by atoms with Gasteiger partial charge in [-0.2, -0.15) is 0 Å². The van der Waals surface area contributed by atoms with Crippen molar-refractivity contribution in [3.63, 3.8) is 0 Å². The van der Waals surface area contributed by atoms with Gasteiger partial charge in [-0.25, -0.2) is 14.5 Å². The average molecular weight is 513 g/mol. The number of hydrogen-bond acceptors (Lipinski definition) is 7. The number of ether oxygens (including phenoxy) is 2. The predicted molar refractivity (Wildman–Crippen MR) is 124 cm³/mol. The highest BCUT2D eigenvalue weighted by Crippen LogP contribution is 2.24. The summed E-state index contributed by atoms with van der Waals surface area (Å²) in [5.74, 6) is 0.276. The number of amides is 1. The lowest BCUT2D eigenvalue weighted by Gasteiger charge is -2.09. The topological polar surface area (TPSA) is 121 Å².